The zero-order chi connectivity index (χ0) is 9.97. The smallest absolute Gasteiger partial charge is 0.0383 e. The summed E-state index contributed by atoms with van der Waals surface area (Å²) in [4.78, 5) is 0. The zero-order valence-corrected chi connectivity index (χ0v) is 10.6. The number of thioether (sulfide) groups is 1. The van der Waals surface area contributed by atoms with E-state index in [-0.39, 0.29) is 0 Å². The van der Waals surface area contributed by atoms with Crippen molar-refractivity contribution in [1.29, 1.82) is 0 Å². The molecule has 1 atom stereocenters. The Bertz CT molecular complexity index is 321. The number of halogens is 1. The lowest BCUT2D eigenvalue weighted by atomic mass is 10.1. The van der Waals surface area contributed by atoms with E-state index in [1.165, 1.54) is 29.2 Å². The zero-order valence-electron chi connectivity index (χ0n) is 8.22. The summed E-state index contributed by atoms with van der Waals surface area (Å²) in [6, 6.07) is 7.06. The fourth-order valence-electron chi connectivity index (χ4n) is 1.62. The summed E-state index contributed by atoms with van der Waals surface area (Å²) in [5.41, 5.74) is 2.59. The summed E-state index contributed by atoms with van der Waals surface area (Å²) < 4.78 is 1.15. The number of aryl methyl sites for hydroxylation is 1. The standard InChI is InChI=1S/C11H14BrNS/c1-8-2-3-9(12)6-11(8)13-10-4-5-14-7-10/h2-3,6,10,13H,4-5,7H2,1H3/t10-/m1/s1. The van der Waals surface area contributed by atoms with Crippen LogP contribution in [-0.4, -0.2) is 17.5 Å². The van der Waals surface area contributed by atoms with Crippen LogP contribution in [0.5, 0.6) is 0 Å². The summed E-state index contributed by atoms with van der Waals surface area (Å²) in [6.07, 6.45) is 1.29. The second-order valence-electron chi connectivity index (χ2n) is 3.66. The molecule has 0 radical (unpaired) electrons. The molecule has 0 spiro atoms. The first-order valence-corrected chi connectivity index (χ1v) is 6.81. The van der Waals surface area contributed by atoms with Gasteiger partial charge in [0.2, 0.25) is 0 Å². The van der Waals surface area contributed by atoms with Crippen LogP contribution in [0.2, 0.25) is 0 Å². The predicted octanol–water partition coefficient (Wildman–Crippen LogP) is 3.67. The summed E-state index contributed by atoms with van der Waals surface area (Å²) in [7, 11) is 0. The third-order valence-corrected chi connectivity index (χ3v) is 4.14. The summed E-state index contributed by atoms with van der Waals surface area (Å²) >= 11 is 5.54. The Labute approximate surface area is 97.8 Å². The van der Waals surface area contributed by atoms with Crippen molar-refractivity contribution in [3.05, 3.63) is 28.2 Å². The fourth-order valence-corrected chi connectivity index (χ4v) is 3.13. The van der Waals surface area contributed by atoms with Gasteiger partial charge < -0.3 is 5.32 Å². The molecular formula is C11H14BrNS. The summed E-state index contributed by atoms with van der Waals surface area (Å²) in [5, 5.41) is 3.60. The van der Waals surface area contributed by atoms with Crippen molar-refractivity contribution in [2.45, 2.75) is 19.4 Å². The van der Waals surface area contributed by atoms with Gasteiger partial charge in [0.05, 0.1) is 0 Å². The second-order valence-corrected chi connectivity index (χ2v) is 5.73. The molecule has 1 aromatic carbocycles. The minimum absolute atomic E-state index is 0.660. The molecular weight excluding hydrogens is 258 g/mol. The number of benzene rings is 1. The highest BCUT2D eigenvalue weighted by Gasteiger charge is 2.15. The van der Waals surface area contributed by atoms with Crippen molar-refractivity contribution in [3.8, 4) is 0 Å². The maximum absolute atomic E-state index is 3.60. The van der Waals surface area contributed by atoms with E-state index in [2.05, 4.69) is 46.4 Å². The SMILES string of the molecule is Cc1ccc(Br)cc1N[C@@H]1CCSC1. The van der Waals surface area contributed by atoms with Gasteiger partial charge in [-0.15, -0.1) is 0 Å². The molecule has 1 N–H and O–H groups in total. The van der Waals surface area contributed by atoms with Crippen molar-refractivity contribution in [3.63, 3.8) is 0 Å². The second kappa shape index (κ2) is 4.58. The van der Waals surface area contributed by atoms with Crippen LogP contribution in [0.15, 0.2) is 22.7 Å². The number of nitrogens with one attached hydrogen (secondary N) is 1. The molecule has 0 saturated carbocycles. The molecule has 0 aromatic heterocycles. The van der Waals surface area contributed by atoms with Crippen LogP contribution >= 0.6 is 27.7 Å². The van der Waals surface area contributed by atoms with Crippen molar-refractivity contribution >= 4 is 33.4 Å². The number of rotatable bonds is 2. The molecule has 1 aliphatic heterocycles. The molecule has 0 amide bonds. The van der Waals surface area contributed by atoms with Gasteiger partial charge in [0.15, 0.2) is 0 Å². The van der Waals surface area contributed by atoms with Crippen molar-refractivity contribution in [2.24, 2.45) is 0 Å². The van der Waals surface area contributed by atoms with E-state index < -0.39 is 0 Å². The minimum atomic E-state index is 0.660. The van der Waals surface area contributed by atoms with Gasteiger partial charge in [-0.25, -0.2) is 0 Å². The molecule has 1 heterocycles. The van der Waals surface area contributed by atoms with Crippen LogP contribution in [0.4, 0.5) is 5.69 Å². The topological polar surface area (TPSA) is 12.0 Å². The Balaban J connectivity index is 2.10. The van der Waals surface area contributed by atoms with Crippen molar-refractivity contribution in [2.75, 3.05) is 16.8 Å². The average Bonchev–Trinajstić information content (AvgIpc) is 2.64. The Morgan fingerprint density at radius 2 is 2.36 bits per heavy atom. The highest BCUT2D eigenvalue weighted by molar-refractivity contribution is 9.10. The normalized spacial score (nSPS) is 21.1. The first-order chi connectivity index (χ1) is 6.75. The molecule has 14 heavy (non-hydrogen) atoms. The van der Waals surface area contributed by atoms with E-state index in [0.29, 0.717) is 6.04 Å². The van der Waals surface area contributed by atoms with Crippen LogP contribution in [0.25, 0.3) is 0 Å². The third-order valence-electron chi connectivity index (χ3n) is 2.49. The summed E-state index contributed by atoms with van der Waals surface area (Å²) in [5.74, 6) is 2.54. The lowest BCUT2D eigenvalue weighted by molar-refractivity contribution is 0.811. The molecule has 76 valence electrons. The van der Waals surface area contributed by atoms with Gasteiger partial charge in [0.25, 0.3) is 0 Å². The Hall–Kier alpha value is -0.150. The summed E-state index contributed by atoms with van der Waals surface area (Å²) in [6.45, 7) is 2.15. The van der Waals surface area contributed by atoms with Gasteiger partial charge in [0, 0.05) is 22.0 Å². The van der Waals surface area contributed by atoms with Gasteiger partial charge in [-0.2, -0.15) is 11.8 Å². The molecule has 1 aromatic rings. The quantitative estimate of drug-likeness (QED) is 0.881. The number of hydrogen-bond acceptors (Lipinski definition) is 2. The van der Waals surface area contributed by atoms with Gasteiger partial charge in [-0.05, 0) is 36.8 Å². The van der Waals surface area contributed by atoms with Crippen molar-refractivity contribution in [1.82, 2.24) is 0 Å². The number of hydrogen-bond donors (Lipinski definition) is 1. The van der Waals surface area contributed by atoms with E-state index in [4.69, 9.17) is 0 Å². The molecule has 0 aliphatic carbocycles. The van der Waals surface area contributed by atoms with E-state index in [9.17, 15) is 0 Å². The Morgan fingerprint density at radius 1 is 1.50 bits per heavy atom. The Morgan fingerprint density at radius 3 is 3.07 bits per heavy atom. The van der Waals surface area contributed by atoms with E-state index in [0.717, 1.165) is 4.47 Å². The van der Waals surface area contributed by atoms with Crippen LogP contribution in [0.1, 0.15) is 12.0 Å². The van der Waals surface area contributed by atoms with Gasteiger partial charge >= 0.3 is 0 Å². The van der Waals surface area contributed by atoms with Gasteiger partial charge in [-0.1, -0.05) is 22.0 Å². The lowest BCUT2D eigenvalue weighted by Crippen LogP contribution is -2.18. The van der Waals surface area contributed by atoms with E-state index >= 15 is 0 Å². The average molecular weight is 272 g/mol. The molecule has 1 aliphatic rings. The number of anilines is 1. The van der Waals surface area contributed by atoms with E-state index in [1.54, 1.807) is 0 Å². The van der Waals surface area contributed by atoms with E-state index in [1.807, 2.05) is 11.8 Å². The van der Waals surface area contributed by atoms with Gasteiger partial charge in [0.1, 0.15) is 0 Å². The monoisotopic (exact) mass is 271 g/mol. The predicted molar refractivity (Wildman–Crippen MR) is 68.2 cm³/mol. The molecule has 0 unspecified atom stereocenters. The molecule has 1 saturated heterocycles. The molecule has 3 heteroatoms. The van der Waals surface area contributed by atoms with Crippen LogP contribution in [0, 0.1) is 6.92 Å². The lowest BCUT2D eigenvalue weighted by Gasteiger charge is -2.15. The fraction of sp³-hybridized carbons (Fsp3) is 0.455. The highest BCUT2D eigenvalue weighted by atomic mass is 79.9. The minimum Gasteiger partial charge on any atom is -0.381 e. The first kappa shape index (κ1) is 10.4. The molecule has 1 fully saturated rings. The van der Waals surface area contributed by atoms with Crippen LogP contribution in [-0.2, 0) is 0 Å². The molecule has 2 rings (SSSR count). The largest absolute Gasteiger partial charge is 0.381 e. The molecule has 0 bridgehead atoms. The molecule has 1 nitrogen and oxygen atoms in total. The van der Waals surface area contributed by atoms with Crippen molar-refractivity contribution < 1.29 is 0 Å². The van der Waals surface area contributed by atoms with Crippen LogP contribution in [0.3, 0.4) is 0 Å². The Kier molecular flexibility index (Phi) is 3.39. The van der Waals surface area contributed by atoms with Crippen LogP contribution < -0.4 is 5.32 Å². The van der Waals surface area contributed by atoms with Gasteiger partial charge in [-0.3, -0.25) is 0 Å². The third kappa shape index (κ3) is 2.45. The first-order valence-electron chi connectivity index (χ1n) is 4.86. The maximum atomic E-state index is 3.60. The maximum Gasteiger partial charge on any atom is 0.0383 e. The highest BCUT2D eigenvalue weighted by Crippen LogP contribution is 2.25.